The average Bonchev–Trinajstić information content (AvgIpc) is 2.47. The minimum absolute atomic E-state index is 0.0193. The average molecular weight is 327 g/mol. The summed E-state index contributed by atoms with van der Waals surface area (Å²) in [5.41, 5.74) is 0.527. The maximum absolute atomic E-state index is 12.2. The van der Waals surface area contributed by atoms with Crippen LogP contribution in [-0.4, -0.2) is 60.4 Å². The topological polar surface area (TPSA) is 78.7 Å². The second kappa shape index (κ2) is 7.53. The van der Waals surface area contributed by atoms with Crippen LogP contribution in [0.4, 0.5) is 5.69 Å². The van der Waals surface area contributed by atoms with Gasteiger partial charge in [-0.3, -0.25) is 19.8 Å². The van der Waals surface area contributed by atoms with Crippen LogP contribution in [0.15, 0.2) is 18.2 Å². The SMILES string of the molecule is CN(CC(=O)N1CCNCC1)Cc1cc(Cl)ccc1[N+](=O)[O-]. The molecule has 1 aliphatic heterocycles. The Labute approximate surface area is 134 Å². The molecule has 0 unspecified atom stereocenters. The van der Waals surface area contributed by atoms with Gasteiger partial charge in [0, 0.05) is 49.4 Å². The number of carbonyl (C=O) groups excluding carboxylic acids is 1. The van der Waals surface area contributed by atoms with E-state index in [9.17, 15) is 14.9 Å². The number of hydrogen-bond donors (Lipinski definition) is 1. The van der Waals surface area contributed by atoms with E-state index in [1.165, 1.54) is 12.1 Å². The normalized spacial score (nSPS) is 15.1. The lowest BCUT2D eigenvalue weighted by Crippen LogP contribution is -2.49. The quantitative estimate of drug-likeness (QED) is 0.648. The molecule has 1 aromatic carbocycles. The number of nitro benzene ring substituents is 1. The minimum Gasteiger partial charge on any atom is -0.339 e. The molecule has 7 nitrogen and oxygen atoms in total. The van der Waals surface area contributed by atoms with Crippen molar-refractivity contribution in [1.82, 2.24) is 15.1 Å². The van der Waals surface area contributed by atoms with Crippen molar-refractivity contribution in [3.8, 4) is 0 Å². The van der Waals surface area contributed by atoms with Crippen LogP contribution in [0.1, 0.15) is 5.56 Å². The second-order valence-corrected chi connectivity index (χ2v) is 5.77. The van der Waals surface area contributed by atoms with E-state index in [0.29, 0.717) is 30.2 Å². The molecule has 1 amide bonds. The number of nitrogens with zero attached hydrogens (tertiary/aromatic N) is 3. The molecule has 1 N–H and O–H groups in total. The summed E-state index contributed by atoms with van der Waals surface area (Å²) in [5, 5.41) is 14.7. The molecule has 0 radical (unpaired) electrons. The number of likely N-dealkylation sites (N-methyl/N-ethyl adjacent to an activating group) is 1. The number of hydrogen-bond acceptors (Lipinski definition) is 5. The molecule has 1 aromatic rings. The van der Waals surface area contributed by atoms with Gasteiger partial charge < -0.3 is 10.2 Å². The van der Waals surface area contributed by atoms with Crippen molar-refractivity contribution in [1.29, 1.82) is 0 Å². The molecule has 0 saturated carbocycles. The molecule has 1 aliphatic rings. The molecule has 0 spiro atoms. The van der Waals surface area contributed by atoms with Crippen molar-refractivity contribution in [2.24, 2.45) is 0 Å². The van der Waals surface area contributed by atoms with Crippen LogP contribution in [-0.2, 0) is 11.3 Å². The summed E-state index contributed by atoms with van der Waals surface area (Å²) < 4.78 is 0. The highest BCUT2D eigenvalue weighted by molar-refractivity contribution is 6.30. The summed E-state index contributed by atoms with van der Waals surface area (Å²) in [4.78, 5) is 26.4. The van der Waals surface area contributed by atoms with Crippen LogP contribution in [0.25, 0.3) is 0 Å². The molecule has 120 valence electrons. The fraction of sp³-hybridized carbons (Fsp3) is 0.500. The van der Waals surface area contributed by atoms with E-state index in [0.717, 1.165) is 13.1 Å². The molecule has 1 saturated heterocycles. The third kappa shape index (κ3) is 4.40. The summed E-state index contributed by atoms with van der Waals surface area (Å²) in [7, 11) is 1.77. The highest BCUT2D eigenvalue weighted by atomic mass is 35.5. The van der Waals surface area contributed by atoms with Gasteiger partial charge >= 0.3 is 0 Å². The van der Waals surface area contributed by atoms with E-state index in [1.807, 2.05) is 0 Å². The zero-order chi connectivity index (χ0) is 16.1. The van der Waals surface area contributed by atoms with E-state index in [4.69, 9.17) is 11.6 Å². The van der Waals surface area contributed by atoms with E-state index in [-0.39, 0.29) is 18.1 Å². The standard InChI is InChI=1S/C14H19ClN4O3/c1-17(10-14(20)18-6-4-16-5-7-18)9-11-8-12(15)2-3-13(11)19(21)22/h2-3,8,16H,4-7,9-10H2,1H3. The van der Waals surface area contributed by atoms with Gasteiger partial charge in [-0.15, -0.1) is 0 Å². The van der Waals surface area contributed by atoms with Crippen LogP contribution >= 0.6 is 11.6 Å². The Balaban J connectivity index is 1.99. The third-order valence-electron chi connectivity index (χ3n) is 3.55. The first kappa shape index (κ1) is 16.7. The number of halogens is 1. The van der Waals surface area contributed by atoms with Gasteiger partial charge in [0.25, 0.3) is 5.69 Å². The van der Waals surface area contributed by atoms with Crippen molar-refractivity contribution in [3.63, 3.8) is 0 Å². The van der Waals surface area contributed by atoms with Crippen LogP contribution in [0, 0.1) is 10.1 Å². The molecule has 22 heavy (non-hydrogen) atoms. The Morgan fingerprint density at radius 3 is 2.77 bits per heavy atom. The van der Waals surface area contributed by atoms with E-state index in [2.05, 4.69) is 5.32 Å². The van der Waals surface area contributed by atoms with E-state index >= 15 is 0 Å². The van der Waals surface area contributed by atoms with Gasteiger partial charge in [-0.05, 0) is 19.2 Å². The molecule has 8 heteroatoms. The van der Waals surface area contributed by atoms with Gasteiger partial charge in [-0.1, -0.05) is 11.6 Å². The van der Waals surface area contributed by atoms with Crippen molar-refractivity contribution >= 4 is 23.2 Å². The smallest absolute Gasteiger partial charge is 0.273 e. The van der Waals surface area contributed by atoms with Crippen LogP contribution in [0.3, 0.4) is 0 Å². The predicted octanol–water partition coefficient (Wildman–Crippen LogP) is 1.11. The van der Waals surface area contributed by atoms with Crippen LogP contribution in [0.2, 0.25) is 5.02 Å². The van der Waals surface area contributed by atoms with Gasteiger partial charge in [-0.25, -0.2) is 0 Å². The highest BCUT2D eigenvalue weighted by Crippen LogP contribution is 2.23. The fourth-order valence-electron chi connectivity index (χ4n) is 2.45. The van der Waals surface area contributed by atoms with Gasteiger partial charge in [0.2, 0.25) is 5.91 Å². The largest absolute Gasteiger partial charge is 0.339 e. The summed E-state index contributed by atoms with van der Waals surface area (Å²) in [5.74, 6) is 0.0358. The van der Waals surface area contributed by atoms with Gasteiger partial charge in [0.05, 0.1) is 11.5 Å². The molecule has 0 aromatic heterocycles. The summed E-state index contributed by atoms with van der Waals surface area (Å²) >= 11 is 5.91. The Bertz CT molecular complexity index is 561. The Kier molecular flexibility index (Phi) is 5.70. The molecule has 1 heterocycles. The number of amides is 1. The number of rotatable bonds is 5. The molecule has 0 atom stereocenters. The summed E-state index contributed by atoms with van der Waals surface area (Å²) in [6, 6.07) is 4.46. The van der Waals surface area contributed by atoms with Crippen LogP contribution < -0.4 is 5.32 Å². The summed E-state index contributed by atoms with van der Waals surface area (Å²) in [6.07, 6.45) is 0. The first-order valence-corrected chi connectivity index (χ1v) is 7.45. The van der Waals surface area contributed by atoms with Crippen molar-refractivity contribution in [2.45, 2.75) is 6.54 Å². The molecule has 1 fully saturated rings. The van der Waals surface area contributed by atoms with Crippen LogP contribution in [0.5, 0.6) is 0 Å². The number of benzene rings is 1. The van der Waals surface area contributed by atoms with E-state index in [1.54, 1.807) is 22.9 Å². The van der Waals surface area contributed by atoms with Crippen molar-refractivity contribution in [3.05, 3.63) is 38.9 Å². The minimum atomic E-state index is -0.433. The zero-order valence-electron chi connectivity index (χ0n) is 12.4. The third-order valence-corrected chi connectivity index (χ3v) is 3.79. The maximum atomic E-state index is 12.2. The highest BCUT2D eigenvalue weighted by Gasteiger charge is 2.20. The lowest BCUT2D eigenvalue weighted by molar-refractivity contribution is -0.385. The molecule has 0 bridgehead atoms. The Hall–Kier alpha value is -1.70. The second-order valence-electron chi connectivity index (χ2n) is 5.33. The Morgan fingerprint density at radius 2 is 2.14 bits per heavy atom. The van der Waals surface area contributed by atoms with Crippen molar-refractivity contribution < 1.29 is 9.72 Å². The molecule has 0 aliphatic carbocycles. The monoisotopic (exact) mass is 326 g/mol. The summed E-state index contributed by atoms with van der Waals surface area (Å²) in [6.45, 7) is 3.52. The van der Waals surface area contributed by atoms with Gasteiger partial charge in [0.1, 0.15) is 0 Å². The Morgan fingerprint density at radius 1 is 1.45 bits per heavy atom. The predicted molar refractivity (Wildman–Crippen MR) is 83.9 cm³/mol. The maximum Gasteiger partial charge on any atom is 0.273 e. The number of nitrogens with one attached hydrogen (secondary N) is 1. The first-order chi connectivity index (χ1) is 10.5. The lowest BCUT2D eigenvalue weighted by atomic mass is 10.1. The number of carbonyl (C=O) groups is 1. The molecular formula is C14H19ClN4O3. The first-order valence-electron chi connectivity index (χ1n) is 7.07. The van der Waals surface area contributed by atoms with E-state index < -0.39 is 4.92 Å². The fourth-order valence-corrected chi connectivity index (χ4v) is 2.65. The van der Waals surface area contributed by atoms with Gasteiger partial charge in [0.15, 0.2) is 0 Å². The van der Waals surface area contributed by atoms with Crippen molar-refractivity contribution in [2.75, 3.05) is 39.8 Å². The molecule has 2 rings (SSSR count). The number of piperazine rings is 1. The molecular weight excluding hydrogens is 308 g/mol. The number of nitro groups is 1. The zero-order valence-corrected chi connectivity index (χ0v) is 13.2. The lowest BCUT2D eigenvalue weighted by Gasteiger charge is -2.29. The van der Waals surface area contributed by atoms with Gasteiger partial charge in [-0.2, -0.15) is 0 Å².